The number of morpholine rings is 1. The molecule has 0 spiro atoms. The van der Waals surface area contributed by atoms with Crippen molar-refractivity contribution in [2.75, 3.05) is 26.3 Å². The van der Waals surface area contributed by atoms with Crippen molar-refractivity contribution in [2.45, 2.75) is 6.04 Å². The normalized spacial score (nSPS) is 16.4. The predicted octanol–water partition coefficient (Wildman–Crippen LogP) is 5.36. The molecule has 4 rings (SSSR count). The van der Waals surface area contributed by atoms with E-state index in [0.717, 1.165) is 24.2 Å². The maximum absolute atomic E-state index is 11.8. The quantitative estimate of drug-likeness (QED) is 0.552. The van der Waals surface area contributed by atoms with E-state index in [0.29, 0.717) is 39.8 Å². The Balaban J connectivity index is 1.94. The summed E-state index contributed by atoms with van der Waals surface area (Å²) >= 11 is 12.6. The number of pyridine rings is 1. The first-order chi connectivity index (χ1) is 13.2. The zero-order valence-corrected chi connectivity index (χ0v) is 16.0. The van der Waals surface area contributed by atoms with E-state index >= 15 is 0 Å². The van der Waals surface area contributed by atoms with Crippen LogP contribution in [0.5, 0.6) is 0 Å². The first-order valence-electron chi connectivity index (χ1n) is 8.67. The van der Waals surface area contributed by atoms with Crippen molar-refractivity contribution in [3.63, 3.8) is 0 Å². The van der Waals surface area contributed by atoms with Crippen LogP contribution in [0, 0.1) is 4.91 Å². The van der Waals surface area contributed by atoms with Gasteiger partial charge in [-0.25, -0.2) is 0 Å². The fourth-order valence-corrected chi connectivity index (χ4v) is 3.97. The summed E-state index contributed by atoms with van der Waals surface area (Å²) < 4.78 is 5.50. The van der Waals surface area contributed by atoms with Gasteiger partial charge < -0.3 is 4.74 Å². The summed E-state index contributed by atoms with van der Waals surface area (Å²) in [4.78, 5) is 18.5. The number of nitroso groups, excluding NO2 is 1. The molecule has 5 nitrogen and oxygen atoms in total. The summed E-state index contributed by atoms with van der Waals surface area (Å²) in [6, 6.07) is 12.9. The van der Waals surface area contributed by atoms with Crippen molar-refractivity contribution >= 4 is 39.8 Å². The van der Waals surface area contributed by atoms with Gasteiger partial charge in [-0.3, -0.25) is 9.88 Å². The van der Waals surface area contributed by atoms with Crippen molar-refractivity contribution in [1.29, 1.82) is 0 Å². The standard InChI is InChI=1S/C20H17Cl2N3O2/c21-14-5-3-13(4-6-14)20(25-8-10-27-11-9-25)16-12-17(22)15-2-1-7-23-18(15)19(16)24-26/h1-7,12,20H,8-11H2. The Kier molecular flexibility index (Phi) is 5.36. The number of hydrogen-bond acceptors (Lipinski definition) is 5. The zero-order chi connectivity index (χ0) is 18.8. The molecule has 3 aromatic rings. The van der Waals surface area contributed by atoms with E-state index in [9.17, 15) is 4.91 Å². The van der Waals surface area contributed by atoms with Gasteiger partial charge in [0.15, 0.2) is 0 Å². The van der Waals surface area contributed by atoms with Gasteiger partial charge in [0.1, 0.15) is 11.2 Å². The monoisotopic (exact) mass is 401 g/mol. The van der Waals surface area contributed by atoms with Gasteiger partial charge in [-0.1, -0.05) is 35.3 Å². The Morgan fingerprint density at radius 3 is 2.56 bits per heavy atom. The van der Waals surface area contributed by atoms with Gasteiger partial charge in [0.2, 0.25) is 0 Å². The van der Waals surface area contributed by atoms with E-state index in [1.54, 1.807) is 12.3 Å². The van der Waals surface area contributed by atoms with Gasteiger partial charge in [-0.15, -0.1) is 4.91 Å². The number of hydrogen-bond donors (Lipinski definition) is 0. The third kappa shape index (κ3) is 3.56. The molecule has 1 fully saturated rings. The second-order valence-electron chi connectivity index (χ2n) is 6.39. The molecule has 2 aromatic carbocycles. The highest BCUT2D eigenvalue weighted by atomic mass is 35.5. The average Bonchev–Trinajstić information content (AvgIpc) is 2.71. The summed E-state index contributed by atoms with van der Waals surface area (Å²) in [6.45, 7) is 2.74. The molecular weight excluding hydrogens is 385 g/mol. The lowest BCUT2D eigenvalue weighted by Gasteiger charge is -2.35. The second kappa shape index (κ2) is 7.90. The maximum Gasteiger partial charge on any atom is 0.139 e. The van der Waals surface area contributed by atoms with Gasteiger partial charge in [0.25, 0.3) is 0 Å². The van der Waals surface area contributed by atoms with Crippen LogP contribution in [-0.4, -0.2) is 36.2 Å². The fourth-order valence-electron chi connectivity index (χ4n) is 3.58. The number of rotatable bonds is 4. The minimum absolute atomic E-state index is 0.192. The number of halogens is 2. The predicted molar refractivity (Wildman–Crippen MR) is 108 cm³/mol. The summed E-state index contributed by atoms with van der Waals surface area (Å²) in [5, 5.41) is 5.27. The van der Waals surface area contributed by atoms with E-state index < -0.39 is 0 Å². The number of aromatic nitrogens is 1. The highest BCUT2D eigenvalue weighted by molar-refractivity contribution is 6.36. The topological polar surface area (TPSA) is 54.8 Å². The molecule has 7 heteroatoms. The van der Waals surface area contributed by atoms with Gasteiger partial charge in [0.05, 0.1) is 24.3 Å². The van der Waals surface area contributed by atoms with Crippen molar-refractivity contribution in [3.8, 4) is 0 Å². The first-order valence-corrected chi connectivity index (χ1v) is 9.42. The number of fused-ring (bicyclic) bond motifs is 1. The van der Waals surface area contributed by atoms with E-state index in [-0.39, 0.29) is 6.04 Å². The fraction of sp³-hybridized carbons (Fsp3) is 0.250. The summed E-state index contributed by atoms with van der Waals surface area (Å²) in [7, 11) is 0. The summed E-state index contributed by atoms with van der Waals surface area (Å²) in [5.41, 5.74) is 2.59. The van der Waals surface area contributed by atoms with Crippen molar-refractivity contribution in [3.05, 3.63) is 74.7 Å². The van der Waals surface area contributed by atoms with Crippen LogP contribution in [0.1, 0.15) is 17.2 Å². The molecule has 0 amide bonds. The second-order valence-corrected chi connectivity index (χ2v) is 7.23. The van der Waals surface area contributed by atoms with Gasteiger partial charge in [-0.2, -0.15) is 0 Å². The third-order valence-electron chi connectivity index (χ3n) is 4.83. The SMILES string of the molecule is O=Nc1c(C(c2ccc(Cl)cc2)N2CCOCC2)cc(Cl)c2cccnc12. The van der Waals surface area contributed by atoms with Crippen LogP contribution in [0.2, 0.25) is 10.0 Å². The molecule has 1 aliphatic heterocycles. The van der Waals surface area contributed by atoms with Crippen LogP contribution in [-0.2, 0) is 4.74 Å². The van der Waals surface area contributed by atoms with E-state index in [1.807, 2.05) is 36.4 Å². The van der Waals surface area contributed by atoms with Crippen molar-refractivity contribution in [1.82, 2.24) is 9.88 Å². The molecule has 0 aliphatic carbocycles. The molecule has 1 saturated heterocycles. The van der Waals surface area contributed by atoms with Gasteiger partial charge in [0, 0.05) is 35.3 Å². The van der Waals surface area contributed by atoms with Crippen molar-refractivity contribution < 1.29 is 4.74 Å². The van der Waals surface area contributed by atoms with Crippen LogP contribution in [0.3, 0.4) is 0 Å². The molecule has 27 heavy (non-hydrogen) atoms. The number of benzene rings is 2. The Morgan fingerprint density at radius 2 is 1.85 bits per heavy atom. The molecule has 1 unspecified atom stereocenters. The molecule has 1 atom stereocenters. The molecule has 0 N–H and O–H groups in total. The van der Waals surface area contributed by atoms with Gasteiger partial charge >= 0.3 is 0 Å². The number of nitrogens with zero attached hydrogens (tertiary/aromatic N) is 3. The van der Waals surface area contributed by atoms with E-state index in [1.165, 1.54) is 0 Å². The summed E-state index contributed by atoms with van der Waals surface area (Å²) in [6.07, 6.45) is 1.64. The maximum atomic E-state index is 11.8. The van der Waals surface area contributed by atoms with Gasteiger partial charge in [-0.05, 0) is 41.1 Å². The molecule has 0 radical (unpaired) electrons. The molecule has 2 heterocycles. The highest BCUT2D eigenvalue weighted by Crippen LogP contribution is 2.41. The van der Waals surface area contributed by atoms with E-state index in [2.05, 4.69) is 15.1 Å². The molecule has 0 saturated carbocycles. The van der Waals surface area contributed by atoms with E-state index in [4.69, 9.17) is 27.9 Å². The molecular formula is C20H17Cl2N3O2. The largest absolute Gasteiger partial charge is 0.379 e. The highest BCUT2D eigenvalue weighted by Gasteiger charge is 2.29. The zero-order valence-electron chi connectivity index (χ0n) is 14.4. The van der Waals surface area contributed by atoms with Crippen LogP contribution in [0.15, 0.2) is 53.8 Å². The lowest BCUT2D eigenvalue weighted by atomic mass is 9.94. The Labute approximate surface area is 166 Å². The Morgan fingerprint density at radius 1 is 1.11 bits per heavy atom. The van der Waals surface area contributed by atoms with Crippen LogP contribution >= 0.6 is 23.2 Å². The third-order valence-corrected chi connectivity index (χ3v) is 5.39. The molecule has 1 aliphatic rings. The minimum atomic E-state index is -0.192. The Hall–Kier alpha value is -2.05. The lowest BCUT2D eigenvalue weighted by molar-refractivity contribution is 0.0240. The molecule has 138 valence electrons. The average molecular weight is 402 g/mol. The smallest absolute Gasteiger partial charge is 0.139 e. The van der Waals surface area contributed by atoms with Crippen LogP contribution in [0.4, 0.5) is 5.69 Å². The number of ether oxygens (including phenoxy) is 1. The molecule has 0 bridgehead atoms. The first kappa shape index (κ1) is 18.3. The summed E-state index contributed by atoms with van der Waals surface area (Å²) in [5.74, 6) is 0. The molecule has 1 aromatic heterocycles. The minimum Gasteiger partial charge on any atom is -0.379 e. The lowest BCUT2D eigenvalue weighted by Crippen LogP contribution is -2.39. The van der Waals surface area contributed by atoms with Crippen molar-refractivity contribution in [2.24, 2.45) is 5.18 Å². The Bertz CT molecular complexity index is 973. The van der Waals surface area contributed by atoms with Crippen LogP contribution < -0.4 is 0 Å². The van der Waals surface area contributed by atoms with Crippen LogP contribution in [0.25, 0.3) is 10.9 Å².